The van der Waals surface area contributed by atoms with Crippen molar-refractivity contribution in [2.45, 2.75) is 19.9 Å². The van der Waals surface area contributed by atoms with Crippen LogP contribution in [0.5, 0.6) is 5.75 Å². The number of hydrogen-bond donors (Lipinski definition) is 1. The van der Waals surface area contributed by atoms with Crippen LogP contribution in [0.25, 0.3) is 5.69 Å². The first-order valence-corrected chi connectivity index (χ1v) is 8.19. The van der Waals surface area contributed by atoms with Gasteiger partial charge in [-0.2, -0.15) is 0 Å². The second kappa shape index (κ2) is 7.66. The van der Waals surface area contributed by atoms with E-state index < -0.39 is 0 Å². The fourth-order valence-electron chi connectivity index (χ4n) is 2.57. The molecule has 1 atom stereocenters. The zero-order chi connectivity index (χ0) is 17.6. The van der Waals surface area contributed by atoms with Gasteiger partial charge in [0.15, 0.2) is 6.61 Å². The van der Waals surface area contributed by atoms with Crippen molar-refractivity contribution in [1.82, 2.24) is 14.9 Å². The van der Waals surface area contributed by atoms with Crippen LogP contribution in [0.4, 0.5) is 0 Å². The van der Waals surface area contributed by atoms with Gasteiger partial charge in [0.05, 0.1) is 12.4 Å². The molecule has 0 spiro atoms. The van der Waals surface area contributed by atoms with Crippen LogP contribution in [-0.4, -0.2) is 22.1 Å². The third kappa shape index (κ3) is 4.47. The molecule has 1 amide bonds. The van der Waals surface area contributed by atoms with E-state index >= 15 is 0 Å². The van der Waals surface area contributed by atoms with Crippen molar-refractivity contribution >= 4 is 5.91 Å². The van der Waals surface area contributed by atoms with Crippen LogP contribution in [-0.2, 0) is 4.79 Å². The van der Waals surface area contributed by atoms with E-state index in [9.17, 15) is 4.79 Å². The van der Waals surface area contributed by atoms with E-state index in [4.69, 9.17) is 4.74 Å². The molecule has 0 unspecified atom stereocenters. The predicted molar refractivity (Wildman–Crippen MR) is 96.8 cm³/mol. The van der Waals surface area contributed by atoms with E-state index in [0.717, 1.165) is 16.8 Å². The average molecular weight is 335 g/mol. The van der Waals surface area contributed by atoms with Crippen LogP contribution in [0.3, 0.4) is 0 Å². The molecule has 5 heteroatoms. The molecule has 1 N–H and O–H groups in total. The van der Waals surface area contributed by atoms with Gasteiger partial charge < -0.3 is 14.6 Å². The SMILES string of the molecule is Cc1cccc(OCC(=O)N[C@@H](C)c2ccc(-n3ccnc3)cc2)c1. The minimum Gasteiger partial charge on any atom is -0.484 e. The summed E-state index contributed by atoms with van der Waals surface area (Å²) < 4.78 is 7.46. The summed E-state index contributed by atoms with van der Waals surface area (Å²) in [4.78, 5) is 16.1. The zero-order valence-electron chi connectivity index (χ0n) is 14.3. The number of carbonyl (C=O) groups is 1. The predicted octanol–water partition coefficient (Wildman–Crippen LogP) is 3.44. The minimum absolute atomic E-state index is 0.000906. The smallest absolute Gasteiger partial charge is 0.258 e. The molecule has 0 fully saturated rings. The quantitative estimate of drug-likeness (QED) is 0.751. The highest BCUT2D eigenvalue weighted by molar-refractivity contribution is 5.78. The highest BCUT2D eigenvalue weighted by atomic mass is 16.5. The molecule has 0 aliphatic heterocycles. The summed E-state index contributed by atoms with van der Waals surface area (Å²) in [5.41, 5.74) is 3.17. The van der Waals surface area contributed by atoms with E-state index in [1.54, 1.807) is 12.5 Å². The van der Waals surface area contributed by atoms with Crippen LogP contribution < -0.4 is 10.1 Å². The molecule has 128 valence electrons. The number of amides is 1. The van der Waals surface area contributed by atoms with Gasteiger partial charge in [-0.1, -0.05) is 24.3 Å². The lowest BCUT2D eigenvalue weighted by atomic mass is 10.1. The lowest BCUT2D eigenvalue weighted by molar-refractivity contribution is -0.123. The van der Waals surface area contributed by atoms with Crippen molar-refractivity contribution in [1.29, 1.82) is 0 Å². The monoisotopic (exact) mass is 335 g/mol. The zero-order valence-corrected chi connectivity index (χ0v) is 14.3. The van der Waals surface area contributed by atoms with Crippen LogP contribution >= 0.6 is 0 Å². The van der Waals surface area contributed by atoms with E-state index in [-0.39, 0.29) is 18.6 Å². The van der Waals surface area contributed by atoms with Crippen molar-refractivity contribution in [3.8, 4) is 11.4 Å². The van der Waals surface area contributed by atoms with Crippen molar-refractivity contribution in [3.05, 3.63) is 78.4 Å². The van der Waals surface area contributed by atoms with Crippen LogP contribution in [0.1, 0.15) is 24.1 Å². The third-order valence-electron chi connectivity index (χ3n) is 3.93. The number of rotatable bonds is 6. The molecule has 0 aliphatic rings. The number of ether oxygens (including phenoxy) is 1. The van der Waals surface area contributed by atoms with E-state index in [1.165, 1.54) is 0 Å². The number of nitrogens with zero attached hydrogens (tertiary/aromatic N) is 2. The Morgan fingerprint density at radius 3 is 2.72 bits per heavy atom. The molecule has 1 heterocycles. The van der Waals surface area contributed by atoms with Gasteiger partial charge in [0.2, 0.25) is 0 Å². The first-order chi connectivity index (χ1) is 12.1. The molecule has 5 nitrogen and oxygen atoms in total. The summed E-state index contributed by atoms with van der Waals surface area (Å²) in [7, 11) is 0. The van der Waals surface area contributed by atoms with E-state index in [0.29, 0.717) is 5.75 Å². The number of imidazole rings is 1. The summed E-state index contributed by atoms with van der Waals surface area (Å²) in [5, 5.41) is 2.95. The number of nitrogens with one attached hydrogen (secondary N) is 1. The fraction of sp³-hybridized carbons (Fsp3) is 0.200. The Hall–Kier alpha value is -3.08. The Labute approximate surface area is 147 Å². The number of hydrogen-bond acceptors (Lipinski definition) is 3. The summed E-state index contributed by atoms with van der Waals surface area (Å²) in [6.07, 6.45) is 5.39. The minimum atomic E-state index is -0.146. The van der Waals surface area contributed by atoms with Gasteiger partial charge in [0.1, 0.15) is 5.75 Å². The van der Waals surface area contributed by atoms with Gasteiger partial charge in [0, 0.05) is 18.1 Å². The molecule has 3 aromatic rings. The summed E-state index contributed by atoms with van der Waals surface area (Å²) in [6.45, 7) is 3.94. The average Bonchev–Trinajstić information content (AvgIpc) is 3.15. The van der Waals surface area contributed by atoms with Gasteiger partial charge in [0.25, 0.3) is 5.91 Å². The normalized spacial score (nSPS) is 11.8. The van der Waals surface area contributed by atoms with E-state index in [1.807, 2.05) is 73.1 Å². The molecule has 0 aliphatic carbocycles. The molecule has 1 aromatic heterocycles. The van der Waals surface area contributed by atoms with Gasteiger partial charge in [-0.3, -0.25) is 4.79 Å². The van der Waals surface area contributed by atoms with Crippen molar-refractivity contribution in [3.63, 3.8) is 0 Å². The second-order valence-corrected chi connectivity index (χ2v) is 5.96. The molecule has 0 saturated heterocycles. The molecular weight excluding hydrogens is 314 g/mol. The van der Waals surface area contributed by atoms with Crippen molar-refractivity contribution < 1.29 is 9.53 Å². The molecule has 0 saturated carbocycles. The lowest BCUT2D eigenvalue weighted by Crippen LogP contribution is -2.31. The summed E-state index contributed by atoms with van der Waals surface area (Å²) in [5.74, 6) is 0.556. The van der Waals surface area contributed by atoms with Crippen molar-refractivity contribution in [2.75, 3.05) is 6.61 Å². The maximum atomic E-state index is 12.1. The fourth-order valence-corrected chi connectivity index (χ4v) is 2.57. The van der Waals surface area contributed by atoms with Crippen molar-refractivity contribution in [2.24, 2.45) is 0 Å². The molecule has 3 rings (SSSR count). The third-order valence-corrected chi connectivity index (χ3v) is 3.93. The Morgan fingerprint density at radius 1 is 1.24 bits per heavy atom. The lowest BCUT2D eigenvalue weighted by Gasteiger charge is -2.15. The van der Waals surface area contributed by atoms with Crippen LogP contribution in [0, 0.1) is 6.92 Å². The van der Waals surface area contributed by atoms with Gasteiger partial charge >= 0.3 is 0 Å². The van der Waals surface area contributed by atoms with Crippen LogP contribution in [0.15, 0.2) is 67.3 Å². The summed E-state index contributed by atoms with van der Waals surface area (Å²) >= 11 is 0. The topological polar surface area (TPSA) is 56.1 Å². The van der Waals surface area contributed by atoms with E-state index in [2.05, 4.69) is 10.3 Å². The molecular formula is C20H21N3O2. The van der Waals surface area contributed by atoms with Gasteiger partial charge in [-0.15, -0.1) is 0 Å². The Morgan fingerprint density at radius 2 is 2.04 bits per heavy atom. The first-order valence-electron chi connectivity index (χ1n) is 8.19. The van der Waals surface area contributed by atoms with Gasteiger partial charge in [-0.25, -0.2) is 4.98 Å². The number of aryl methyl sites for hydroxylation is 1. The Bertz CT molecular complexity index is 826. The number of aromatic nitrogens is 2. The highest BCUT2D eigenvalue weighted by Gasteiger charge is 2.10. The second-order valence-electron chi connectivity index (χ2n) is 5.96. The Kier molecular flexibility index (Phi) is 5.14. The first kappa shape index (κ1) is 16.8. The Balaban J connectivity index is 1.54. The molecule has 2 aromatic carbocycles. The number of benzene rings is 2. The summed E-state index contributed by atoms with van der Waals surface area (Å²) in [6, 6.07) is 15.6. The van der Waals surface area contributed by atoms with Crippen LogP contribution in [0.2, 0.25) is 0 Å². The molecule has 0 radical (unpaired) electrons. The highest BCUT2D eigenvalue weighted by Crippen LogP contribution is 2.16. The largest absolute Gasteiger partial charge is 0.484 e. The maximum Gasteiger partial charge on any atom is 0.258 e. The maximum absolute atomic E-state index is 12.1. The molecule has 0 bridgehead atoms. The standard InChI is InChI=1S/C20H21N3O2/c1-15-4-3-5-19(12-15)25-13-20(24)22-16(2)17-6-8-18(9-7-17)23-11-10-21-14-23/h3-12,14,16H,13H2,1-2H3,(H,22,24)/t16-/m0/s1. The molecule has 25 heavy (non-hydrogen) atoms. The number of carbonyl (C=O) groups excluding carboxylic acids is 1. The van der Waals surface area contributed by atoms with Gasteiger partial charge in [-0.05, 0) is 49.2 Å².